The van der Waals surface area contributed by atoms with Gasteiger partial charge in [0.15, 0.2) is 0 Å². The van der Waals surface area contributed by atoms with Crippen LogP contribution >= 0.6 is 11.6 Å². The van der Waals surface area contributed by atoms with Crippen LogP contribution in [0.25, 0.3) is 0 Å². The molecule has 2 rings (SSSR count). The largest absolute Gasteiger partial charge is 0.356 e. The van der Waals surface area contributed by atoms with Crippen molar-refractivity contribution in [3.05, 3.63) is 23.0 Å². The van der Waals surface area contributed by atoms with Crippen molar-refractivity contribution in [2.24, 2.45) is 5.92 Å². The Hall–Kier alpha value is -1.00. The SMILES string of the molecule is CCN(CC1CCCNC1)C(=O)c1cc(Cl)c[nH]1. The van der Waals surface area contributed by atoms with Crippen LogP contribution in [-0.4, -0.2) is 42.0 Å². The van der Waals surface area contributed by atoms with E-state index in [9.17, 15) is 4.79 Å². The smallest absolute Gasteiger partial charge is 0.270 e. The number of aromatic nitrogens is 1. The number of aromatic amines is 1. The third kappa shape index (κ3) is 3.27. The van der Waals surface area contributed by atoms with Crippen LogP contribution in [0.3, 0.4) is 0 Å². The maximum absolute atomic E-state index is 12.3. The van der Waals surface area contributed by atoms with Crippen molar-refractivity contribution >= 4 is 17.5 Å². The molecule has 0 aromatic carbocycles. The van der Waals surface area contributed by atoms with Gasteiger partial charge in [0.05, 0.1) is 5.02 Å². The second-order valence-electron chi connectivity index (χ2n) is 4.79. The molecule has 100 valence electrons. The minimum Gasteiger partial charge on any atom is -0.356 e. The number of nitrogens with zero attached hydrogens (tertiary/aromatic N) is 1. The van der Waals surface area contributed by atoms with E-state index in [2.05, 4.69) is 10.3 Å². The maximum Gasteiger partial charge on any atom is 0.270 e. The zero-order chi connectivity index (χ0) is 13.0. The zero-order valence-corrected chi connectivity index (χ0v) is 11.5. The first kappa shape index (κ1) is 13.4. The molecular formula is C13H20ClN3O. The molecule has 0 saturated carbocycles. The van der Waals surface area contributed by atoms with Crippen LogP contribution in [0.15, 0.2) is 12.3 Å². The average Bonchev–Trinajstić information content (AvgIpc) is 2.83. The second kappa shape index (κ2) is 6.25. The molecule has 1 fully saturated rings. The molecule has 1 aliphatic rings. The van der Waals surface area contributed by atoms with Crippen LogP contribution in [0.2, 0.25) is 5.02 Å². The van der Waals surface area contributed by atoms with Gasteiger partial charge in [-0.1, -0.05) is 11.6 Å². The Morgan fingerprint density at radius 2 is 2.44 bits per heavy atom. The predicted molar refractivity (Wildman–Crippen MR) is 73.0 cm³/mol. The number of H-pyrrole nitrogens is 1. The van der Waals surface area contributed by atoms with Gasteiger partial charge in [0.25, 0.3) is 5.91 Å². The first-order chi connectivity index (χ1) is 8.70. The first-order valence-electron chi connectivity index (χ1n) is 6.54. The Morgan fingerprint density at radius 1 is 1.61 bits per heavy atom. The molecule has 4 nitrogen and oxygen atoms in total. The highest BCUT2D eigenvalue weighted by molar-refractivity contribution is 6.30. The number of amides is 1. The Morgan fingerprint density at radius 3 is 3.00 bits per heavy atom. The van der Waals surface area contributed by atoms with Crippen LogP contribution < -0.4 is 5.32 Å². The van der Waals surface area contributed by atoms with Crippen LogP contribution in [0.4, 0.5) is 0 Å². The van der Waals surface area contributed by atoms with Crippen molar-refractivity contribution in [3.63, 3.8) is 0 Å². The fraction of sp³-hybridized carbons (Fsp3) is 0.615. The van der Waals surface area contributed by atoms with Crippen LogP contribution in [0.5, 0.6) is 0 Å². The Kier molecular flexibility index (Phi) is 4.66. The number of carbonyl (C=O) groups is 1. The molecule has 1 saturated heterocycles. The lowest BCUT2D eigenvalue weighted by molar-refractivity contribution is 0.0724. The summed E-state index contributed by atoms with van der Waals surface area (Å²) in [4.78, 5) is 17.1. The Bertz CT molecular complexity index is 399. The van der Waals surface area contributed by atoms with E-state index in [-0.39, 0.29) is 5.91 Å². The molecule has 1 aromatic rings. The van der Waals surface area contributed by atoms with E-state index < -0.39 is 0 Å². The molecular weight excluding hydrogens is 250 g/mol. The number of rotatable bonds is 4. The van der Waals surface area contributed by atoms with Gasteiger partial charge in [0.1, 0.15) is 5.69 Å². The van der Waals surface area contributed by atoms with Gasteiger partial charge in [0.2, 0.25) is 0 Å². The lowest BCUT2D eigenvalue weighted by atomic mass is 9.99. The number of nitrogens with one attached hydrogen (secondary N) is 2. The van der Waals surface area contributed by atoms with Gasteiger partial charge < -0.3 is 15.2 Å². The highest BCUT2D eigenvalue weighted by atomic mass is 35.5. The normalized spacial score (nSPS) is 19.8. The summed E-state index contributed by atoms with van der Waals surface area (Å²) in [5.74, 6) is 0.600. The minimum absolute atomic E-state index is 0.0370. The predicted octanol–water partition coefficient (Wildman–Crippen LogP) is 2.13. The molecule has 1 amide bonds. The fourth-order valence-corrected chi connectivity index (χ4v) is 2.57. The number of hydrogen-bond acceptors (Lipinski definition) is 2. The standard InChI is InChI=1S/C13H20ClN3O/c1-2-17(9-10-4-3-5-15-7-10)13(18)12-6-11(14)8-16-12/h6,8,10,15-16H,2-5,7,9H2,1H3. The number of hydrogen-bond donors (Lipinski definition) is 2. The topological polar surface area (TPSA) is 48.1 Å². The van der Waals surface area contributed by atoms with E-state index in [0.29, 0.717) is 16.6 Å². The highest BCUT2D eigenvalue weighted by Crippen LogP contribution is 2.15. The fourth-order valence-electron chi connectivity index (χ4n) is 2.41. The summed E-state index contributed by atoms with van der Waals surface area (Å²) in [5.41, 5.74) is 0.575. The Balaban J connectivity index is 1.97. The van der Waals surface area contributed by atoms with Gasteiger partial charge in [-0.15, -0.1) is 0 Å². The van der Waals surface area contributed by atoms with Crippen molar-refractivity contribution < 1.29 is 4.79 Å². The summed E-state index contributed by atoms with van der Waals surface area (Å²) in [5, 5.41) is 3.96. The summed E-state index contributed by atoms with van der Waals surface area (Å²) in [6, 6.07) is 1.69. The van der Waals surface area contributed by atoms with E-state index in [1.807, 2.05) is 11.8 Å². The molecule has 2 N–H and O–H groups in total. The molecule has 1 aliphatic heterocycles. The zero-order valence-electron chi connectivity index (χ0n) is 10.7. The third-order valence-corrected chi connectivity index (χ3v) is 3.64. The summed E-state index contributed by atoms with van der Waals surface area (Å²) in [7, 11) is 0. The van der Waals surface area contributed by atoms with Crippen molar-refractivity contribution in [1.29, 1.82) is 0 Å². The van der Waals surface area contributed by atoms with Gasteiger partial charge in [-0.25, -0.2) is 0 Å². The van der Waals surface area contributed by atoms with E-state index >= 15 is 0 Å². The van der Waals surface area contributed by atoms with Gasteiger partial charge in [0, 0.05) is 19.3 Å². The van der Waals surface area contributed by atoms with E-state index in [1.54, 1.807) is 12.3 Å². The minimum atomic E-state index is 0.0370. The summed E-state index contributed by atoms with van der Waals surface area (Å²) in [6.07, 6.45) is 4.04. The van der Waals surface area contributed by atoms with Crippen molar-refractivity contribution in [2.75, 3.05) is 26.2 Å². The third-order valence-electron chi connectivity index (χ3n) is 3.42. The van der Waals surface area contributed by atoms with E-state index in [0.717, 1.165) is 26.2 Å². The maximum atomic E-state index is 12.3. The number of piperidine rings is 1. The summed E-state index contributed by atoms with van der Waals surface area (Å²) >= 11 is 5.83. The molecule has 2 heterocycles. The van der Waals surface area contributed by atoms with Gasteiger partial charge >= 0.3 is 0 Å². The number of halogens is 1. The Labute approximate surface area is 113 Å². The van der Waals surface area contributed by atoms with Gasteiger partial charge in [-0.3, -0.25) is 4.79 Å². The molecule has 0 radical (unpaired) electrons. The number of carbonyl (C=O) groups excluding carboxylic acids is 1. The van der Waals surface area contributed by atoms with Crippen LogP contribution in [-0.2, 0) is 0 Å². The summed E-state index contributed by atoms with van der Waals surface area (Å²) in [6.45, 7) is 5.67. The second-order valence-corrected chi connectivity index (χ2v) is 5.22. The first-order valence-corrected chi connectivity index (χ1v) is 6.92. The lowest BCUT2D eigenvalue weighted by Crippen LogP contribution is -2.41. The van der Waals surface area contributed by atoms with Gasteiger partial charge in [-0.2, -0.15) is 0 Å². The molecule has 5 heteroatoms. The summed E-state index contributed by atoms with van der Waals surface area (Å²) < 4.78 is 0. The van der Waals surface area contributed by atoms with Crippen LogP contribution in [0, 0.1) is 5.92 Å². The molecule has 1 atom stereocenters. The lowest BCUT2D eigenvalue weighted by Gasteiger charge is -2.29. The molecule has 1 unspecified atom stereocenters. The van der Waals surface area contributed by atoms with Crippen LogP contribution in [0.1, 0.15) is 30.3 Å². The highest BCUT2D eigenvalue weighted by Gasteiger charge is 2.21. The molecule has 18 heavy (non-hydrogen) atoms. The average molecular weight is 270 g/mol. The monoisotopic (exact) mass is 269 g/mol. The quantitative estimate of drug-likeness (QED) is 0.880. The van der Waals surface area contributed by atoms with Gasteiger partial charge in [-0.05, 0) is 44.8 Å². The van der Waals surface area contributed by atoms with Crippen molar-refractivity contribution in [1.82, 2.24) is 15.2 Å². The van der Waals surface area contributed by atoms with Crippen molar-refractivity contribution in [2.45, 2.75) is 19.8 Å². The molecule has 0 bridgehead atoms. The van der Waals surface area contributed by atoms with E-state index in [4.69, 9.17) is 11.6 Å². The molecule has 1 aromatic heterocycles. The van der Waals surface area contributed by atoms with E-state index in [1.165, 1.54) is 12.8 Å². The van der Waals surface area contributed by atoms with Crippen molar-refractivity contribution in [3.8, 4) is 0 Å². The molecule has 0 aliphatic carbocycles. The molecule has 0 spiro atoms.